The summed E-state index contributed by atoms with van der Waals surface area (Å²) in [5, 5.41) is 11.0. The van der Waals surface area contributed by atoms with Crippen molar-refractivity contribution >= 4 is 17.8 Å². The first kappa shape index (κ1) is 12.1. The van der Waals surface area contributed by atoms with Crippen LogP contribution in [0.25, 0.3) is 0 Å². The lowest BCUT2D eigenvalue weighted by atomic mass is 10.1. The number of hydrogen-bond acceptors (Lipinski definition) is 4. The average Bonchev–Trinajstić information content (AvgIpc) is 2.33. The first-order valence-corrected chi connectivity index (χ1v) is 5.40. The quantitative estimate of drug-likeness (QED) is 0.764. The predicted molar refractivity (Wildman–Crippen MR) is 60.2 cm³/mol. The highest BCUT2D eigenvalue weighted by molar-refractivity contribution is 5.99. The molecule has 0 saturated carbocycles. The monoisotopic (exact) mass is 249 g/mol. The van der Waals surface area contributed by atoms with Gasteiger partial charge in [0, 0.05) is 12.8 Å². The maximum Gasteiger partial charge on any atom is 0.335 e. The van der Waals surface area contributed by atoms with Crippen molar-refractivity contribution in [2.24, 2.45) is 0 Å². The Morgan fingerprint density at radius 3 is 2.83 bits per heavy atom. The Hall–Kier alpha value is -2.37. The van der Waals surface area contributed by atoms with Gasteiger partial charge in [-0.3, -0.25) is 14.9 Å². The predicted octanol–water partition coefficient (Wildman–Crippen LogP) is 0.569. The number of hydrogen-bond donors (Lipinski definition) is 2. The Balaban J connectivity index is 2.09. The fourth-order valence-electron chi connectivity index (χ4n) is 1.65. The minimum Gasteiger partial charge on any atom is -0.481 e. The molecule has 1 aliphatic heterocycles. The van der Waals surface area contributed by atoms with Gasteiger partial charge in [-0.2, -0.15) is 0 Å². The van der Waals surface area contributed by atoms with Crippen LogP contribution in [-0.4, -0.2) is 29.0 Å². The number of ether oxygens (including phenoxy) is 1. The van der Waals surface area contributed by atoms with Gasteiger partial charge in [-0.1, -0.05) is 6.07 Å². The van der Waals surface area contributed by atoms with Gasteiger partial charge < -0.3 is 9.84 Å². The molecular formula is C12H11NO5. The number of piperidine rings is 1. The molecule has 1 fully saturated rings. The fraction of sp³-hybridized carbons (Fsp3) is 0.250. The Labute approximate surface area is 103 Å². The molecule has 1 unspecified atom stereocenters. The first-order chi connectivity index (χ1) is 8.56. The molecule has 0 aromatic heterocycles. The van der Waals surface area contributed by atoms with E-state index in [9.17, 15) is 14.4 Å². The molecule has 1 aromatic carbocycles. The van der Waals surface area contributed by atoms with Crippen molar-refractivity contribution < 1.29 is 24.2 Å². The smallest absolute Gasteiger partial charge is 0.335 e. The molecule has 0 aliphatic carbocycles. The molecule has 6 heteroatoms. The number of carbonyl (C=O) groups excluding carboxylic acids is 2. The Kier molecular flexibility index (Phi) is 3.27. The van der Waals surface area contributed by atoms with Crippen LogP contribution in [0.1, 0.15) is 23.2 Å². The molecule has 1 heterocycles. The molecule has 6 nitrogen and oxygen atoms in total. The fourth-order valence-corrected chi connectivity index (χ4v) is 1.65. The van der Waals surface area contributed by atoms with Gasteiger partial charge in [-0.15, -0.1) is 0 Å². The standard InChI is InChI=1S/C12H11NO5/c14-10-5-4-9(11(15)13-10)18-8-3-1-2-7(6-8)12(16)17/h1-3,6,9H,4-5H2,(H,16,17)(H,13,14,15). The van der Waals surface area contributed by atoms with Crippen molar-refractivity contribution in [3.63, 3.8) is 0 Å². The molecule has 94 valence electrons. The maximum atomic E-state index is 11.5. The van der Waals surface area contributed by atoms with E-state index in [2.05, 4.69) is 5.32 Å². The summed E-state index contributed by atoms with van der Waals surface area (Å²) in [4.78, 5) is 33.2. The van der Waals surface area contributed by atoms with Crippen molar-refractivity contribution in [1.82, 2.24) is 5.32 Å². The summed E-state index contributed by atoms with van der Waals surface area (Å²) in [5.41, 5.74) is 0.0831. The SMILES string of the molecule is O=C1CCC(Oc2cccc(C(=O)O)c2)C(=O)N1. The molecule has 2 amide bonds. The van der Waals surface area contributed by atoms with E-state index in [1.807, 2.05) is 0 Å². The Morgan fingerprint density at radius 1 is 1.39 bits per heavy atom. The minimum absolute atomic E-state index is 0.0831. The highest BCUT2D eigenvalue weighted by Crippen LogP contribution is 2.18. The zero-order valence-electron chi connectivity index (χ0n) is 9.38. The number of carbonyl (C=O) groups is 3. The summed E-state index contributed by atoms with van der Waals surface area (Å²) in [6.07, 6.45) is -0.247. The molecule has 0 bridgehead atoms. The number of carboxylic acids is 1. The number of carboxylic acid groups (broad SMARTS) is 1. The number of imide groups is 1. The first-order valence-electron chi connectivity index (χ1n) is 5.40. The van der Waals surface area contributed by atoms with Gasteiger partial charge in [0.25, 0.3) is 5.91 Å². The molecule has 0 radical (unpaired) electrons. The highest BCUT2D eigenvalue weighted by atomic mass is 16.5. The third-order valence-electron chi connectivity index (χ3n) is 2.55. The summed E-state index contributed by atoms with van der Waals surface area (Å²) < 4.78 is 5.38. The summed E-state index contributed by atoms with van der Waals surface area (Å²) in [6, 6.07) is 5.87. The van der Waals surface area contributed by atoms with E-state index in [0.717, 1.165) is 0 Å². The molecular weight excluding hydrogens is 238 g/mol. The molecule has 1 aromatic rings. The maximum absolute atomic E-state index is 11.5. The van der Waals surface area contributed by atoms with Crippen LogP contribution in [0.3, 0.4) is 0 Å². The van der Waals surface area contributed by atoms with Gasteiger partial charge in [0.15, 0.2) is 6.10 Å². The zero-order chi connectivity index (χ0) is 13.1. The van der Waals surface area contributed by atoms with Crippen LogP contribution in [0.2, 0.25) is 0 Å². The van der Waals surface area contributed by atoms with E-state index in [1.54, 1.807) is 6.07 Å². The lowest BCUT2D eigenvalue weighted by Gasteiger charge is -2.21. The van der Waals surface area contributed by atoms with Crippen LogP contribution in [-0.2, 0) is 9.59 Å². The summed E-state index contributed by atoms with van der Waals surface area (Å²) in [5.74, 6) is -1.58. The van der Waals surface area contributed by atoms with Gasteiger partial charge in [-0.05, 0) is 18.2 Å². The van der Waals surface area contributed by atoms with Crippen molar-refractivity contribution in [3.05, 3.63) is 29.8 Å². The lowest BCUT2D eigenvalue weighted by molar-refractivity contribution is -0.138. The van der Waals surface area contributed by atoms with E-state index in [0.29, 0.717) is 12.2 Å². The summed E-state index contributed by atoms with van der Waals surface area (Å²) in [6.45, 7) is 0. The van der Waals surface area contributed by atoms with E-state index < -0.39 is 18.0 Å². The molecule has 18 heavy (non-hydrogen) atoms. The lowest BCUT2D eigenvalue weighted by Crippen LogP contribution is -2.46. The molecule has 1 saturated heterocycles. The van der Waals surface area contributed by atoms with Crippen LogP contribution >= 0.6 is 0 Å². The van der Waals surface area contributed by atoms with Crippen molar-refractivity contribution in [1.29, 1.82) is 0 Å². The van der Waals surface area contributed by atoms with Crippen LogP contribution in [0.15, 0.2) is 24.3 Å². The number of nitrogens with one attached hydrogen (secondary N) is 1. The van der Waals surface area contributed by atoms with Crippen molar-refractivity contribution in [2.75, 3.05) is 0 Å². The van der Waals surface area contributed by atoms with Crippen LogP contribution < -0.4 is 10.1 Å². The Bertz CT molecular complexity index is 511. The van der Waals surface area contributed by atoms with Gasteiger partial charge in [0.2, 0.25) is 5.91 Å². The van der Waals surface area contributed by atoms with Crippen LogP contribution in [0.5, 0.6) is 5.75 Å². The topological polar surface area (TPSA) is 92.7 Å². The third-order valence-corrected chi connectivity index (χ3v) is 2.55. The summed E-state index contributed by atoms with van der Waals surface area (Å²) in [7, 11) is 0. The highest BCUT2D eigenvalue weighted by Gasteiger charge is 2.28. The third kappa shape index (κ3) is 2.65. The average molecular weight is 249 g/mol. The molecule has 2 N–H and O–H groups in total. The number of rotatable bonds is 3. The number of benzene rings is 1. The van der Waals surface area contributed by atoms with Gasteiger partial charge >= 0.3 is 5.97 Å². The molecule has 2 rings (SSSR count). The largest absolute Gasteiger partial charge is 0.481 e. The molecule has 1 atom stereocenters. The van der Waals surface area contributed by atoms with Gasteiger partial charge in [0.1, 0.15) is 5.75 Å². The minimum atomic E-state index is -1.07. The van der Waals surface area contributed by atoms with Crippen LogP contribution in [0.4, 0.5) is 0 Å². The normalized spacial score (nSPS) is 19.2. The molecule has 0 spiro atoms. The van der Waals surface area contributed by atoms with E-state index >= 15 is 0 Å². The van der Waals surface area contributed by atoms with Gasteiger partial charge in [-0.25, -0.2) is 4.79 Å². The van der Waals surface area contributed by atoms with Crippen molar-refractivity contribution in [2.45, 2.75) is 18.9 Å². The second kappa shape index (κ2) is 4.87. The van der Waals surface area contributed by atoms with Crippen molar-refractivity contribution in [3.8, 4) is 5.75 Å². The second-order valence-corrected chi connectivity index (χ2v) is 3.89. The zero-order valence-corrected chi connectivity index (χ0v) is 9.38. The number of aromatic carboxylic acids is 1. The number of amides is 2. The Morgan fingerprint density at radius 2 is 2.17 bits per heavy atom. The van der Waals surface area contributed by atoms with Gasteiger partial charge in [0.05, 0.1) is 5.56 Å². The summed E-state index contributed by atoms with van der Waals surface area (Å²) >= 11 is 0. The van der Waals surface area contributed by atoms with E-state index in [1.165, 1.54) is 18.2 Å². The van der Waals surface area contributed by atoms with E-state index in [4.69, 9.17) is 9.84 Å². The van der Waals surface area contributed by atoms with E-state index in [-0.39, 0.29) is 17.9 Å². The second-order valence-electron chi connectivity index (χ2n) is 3.89. The molecule has 1 aliphatic rings. The van der Waals surface area contributed by atoms with Crippen LogP contribution in [0, 0.1) is 0 Å².